The van der Waals surface area contributed by atoms with Crippen LogP contribution >= 0.6 is 0 Å². The van der Waals surface area contributed by atoms with Crippen molar-refractivity contribution >= 4 is 5.65 Å². The van der Waals surface area contributed by atoms with Crippen molar-refractivity contribution in [1.29, 1.82) is 0 Å². The Balaban J connectivity index is 1.80. The van der Waals surface area contributed by atoms with Crippen molar-refractivity contribution in [1.82, 2.24) is 19.9 Å². The molecule has 5 nitrogen and oxygen atoms in total. The molecule has 2 aromatic rings. The number of nitrogens with one attached hydrogen (secondary N) is 1. The first kappa shape index (κ1) is 13.0. The topological polar surface area (TPSA) is 68.2 Å². The lowest BCUT2D eigenvalue weighted by Gasteiger charge is -2.18. The highest BCUT2D eigenvalue weighted by Crippen LogP contribution is 2.03. The fourth-order valence-electron chi connectivity index (χ4n) is 1.80. The summed E-state index contributed by atoms with van der Waals surface area (Å²) in [6.45, 7) is 5.91. The van der Waals surface area contributed by atoms with Gasteiger partial charge in [0, 0.05) is 24.7 Å². The number of fused-ring (bicyclic) bond motifs is 1. The van der Waals surface area contributed by atoms with Gasteiger partial charge in [-0.1, -0.05) is 6.07 Å². The highest BCUT2D eigenvalue weighted by atomic mass is 15.2. The number of nitrogens with two attached hydrogens (primary N) is 1. The molecule has 0 bridgehead atoms. The van der Waals surface area contributed by atoms with E-state index in [0.717, 1.165) is 37.4 Å². The van der Waals surface area contributed by atoms with E-state index >= 15 is 0 Å². The first-order valence-corrected chi connectivity index (χ1v) is 6.34. The highest BCUT2D eigenvalue weighted by Gasteiger charge is 2.09. The quantitative estimate of drug-likeness (QED) is 0.747. The number of nitrogens with zero attached hydrogens (tertiary/aromatic N) is 3. The predicted molar refractivity (Wildman–Crippen MR) is 72.4 cm³/mol. The molecule has 0 aliphatic rings. The van der Waals surface area contributed by atoms with E-state index < -0.39 is 0 Å². The van der Waals surface area contributed by atoms with E-state index in [0.29, 0.717) is 0 Å². The zero-order valence-corrected chi connectivity index (χ0v) is 11.1. The Morgan fingerprint density at radius 2 is 2.11 bits per heavy atom. The Bertz CT molecular complexity index is 497. The molecule has 0 saturated carbocycles. The molecule has 5 heteroatoms. The van der Waals surface area contributed by atoms with Gasteiger partial charge < -0.3 is 11.1 Å². The summed E-state index contributed by atoms with van der Waals surface area (Å²) in [7, 11) is 0. The minimum atomic E-state index is -0.103. The summed E-state index contributed by atoms with van der Waals surface area (Å²) in [4.78, 5) is 0. The average Bonchev–Trinajstić information content (AvgIpc) is 2.71. The van der Waals surface area contributed by atoms with Gasteiger partial charge >= 0.3 is 0 Å². The van der Waals surface area contributed by atoms with E-state index in [-0.39, 0.29) is 5.54 Å². The van der Waals surface area contributed by atoms with Gasteiger partial charge in [0.2, 0.25) is 0 Å². The fraction of sp³-hybridized carbons (Fsp3) is 0.538. The van der Waals surface area contributed by atoms with Crippen LogP contribution in [0.1, 0.15) is 26.1 Å². The molecule has 0 atom stereocenters. The molecule has 2 rings (SSSR count). The largest absolute Gasteiger partial charge is 0.326 e. The van der Waals surface area contributed by atoms with Crippen LogP contribution in [0.5, 0.6) is 0 Å². The average molecular weight is 247 g/mol. The smallest absolute Gasteiger partial charge is 0.160 e. The third-order valence-electron chi connectivity index (χ3n) is 2.86. The molecule has 0 spiro atoms. The van der Waals surface area contributed by atoms with Gasteiger partial charge in [-0.15, -0.1) is 10.2 Å². The predicted octanol–water partition coefficient (Wildman–Crippen LogP) is 0.989. The molecule has 98 valence electrons. The van der Waals surface area contributed by atoms with Gasteiger partial charge in [-0.3, -0.25) is 4.40 Å². The maximum Gasteiger partial charge on any atom is 0.160 e. The molecule has 0 radical (unpaired) electrons. The summed E-state index contributed by atoms with van der Waals surface area (Å²) in [5.41, 5.74) is 6.72. The minimum absolute atomic E-state index is 0.103. The molecular weight excluding hydrogens is 226 g/mol. The molecule has 0 aliphatic heterocycles. The number of hydrogen-bond donors (Lipinski definition) is 2. The number of aromatic nitrogens is 3. The van der Waals surface area contributed by atoms with Crippen LogP contribution in [0.2, 0.25) is 0 Å². The molecule has 3 N–H and O–H groups in total. The highest BCUT2D eigenvalue weighted by molar-refractivity contribution is 5.36. The summed E-state index contributed by atoms with van der Waals surface area (Å²) in [6, 6.07) is 5.92. The third-order valence-corrected chi connectivity index (χ3v) is 2.86. The van der Waals surface area contributed by atoms with Crippen molar-refractivity contribution < 1.29 is 0 Å². The Kier molecular flexibility index (Phi) is 3.93. The lowest BCUT2D eigenvalue weighted by Crippen LogP contribution is -2.36. The first-order chi connectivity index (χ1) is 8.56. The third kappa shape index (κ3) is 3.51. The van der Waals surface area contributed by atoms with Crippen LogP contribution in [0, 0.1) is 0 Å². The molecule has 0 amide bonds. The molecule has 0 fully saturated rings. The Labute approximate surface area is 107 Å². The van der Waals surface area contributed by atoms with Gasteiger partial charge in [0.1, 0.15) is 5.82 Å². The normalized spacial score (nSPS) is 12.2. The molecule has 0 saturated heterocycles. The minimum Gasteiger partial charge on any atom is -0.326 e. The fourth-order valence-corrected chi connectivity index (χ4v) is 1.80. The lowest BCUT2D eigenvalue weighted by atomic mass is 10.0. The monoisotopic (exact) mass is 247 g/mol. The van der Waals surface area contributed by atoms with Crippen molar-refractivity contribution in [3.05, 3.63) is 30.2 Å². The maximum absolute atomic E-state index is 5.92. The molecule has 2 heterocycles. The summed E-state index contributed by atoms with van der Waals surface area (Å²) in [6.07, 6.45) is 3.83. The zero-order valence-electron chi connectivity index (χ0n) is 11.1. The Morgan fingerprint density at radius 1 is 1.28 bits per heavy atom. The molecule has 18 heavy (non-hydrogen) atoms. The maximum atomic E-state index is 5.92. The number of pyridine rings is 1. The van der Waals surface area contributed by atoms with Crippen molar-refractivity contribution in [2.45, 2.75) is 32.2 Å². The summed E-state index contributed by atoms with van der Waals surface area (Å²) in [5, 5.41) is 11.7. The SMILES string of the molecule is CC(C)(N)CCNCCc1nnc2ccccn12. The molecule has 0 aromatic carbocycles. The number of hydrogen-bond acceptors (Lipinski definition) is 4. The van der Waals surface area contributed by atoms with Crippen molar-refractivity contribution in [3.63, 3.8) is 0 Å². The van der Waals surface area contributed by atoms with Crippen LogP contribution in [0.15, 0.2) is 24.4 Å². The summed E-state index contributed by atoms with van der Waals surface area (Å²) in [5.74, 6) is 0.991. The van der Waals surface area contributed by atoms with Crippen LogP contribution in [0.4, 0.5) is 0 Å². The second kappa shape index (κ2) is 5.46. The molecule has 0 aliphatic carbocycles. The molecular formula is C13H21N5. The van der Waals surface area contributed by atoms with Crippen molar-refractivity contribution in [3.8, 4) is 0 Å². The Morgan fingerprint density at radius 3 is 2.89 bits per heavy atom. The van der Waals surface area contributed by atoms with E-state index in [1.165, 1.54) is 0 Å². The van der Waals surface area contributed by atoms with Crippen LogP contribution < -0.4 is 11.1 Å². The van der Waals surface area contributed by atoms with Gasteiger partial charge in [0.25, 0.3) is 0 Å². The second-order valence-electron chi connectivity index (χ2n) is 5.28. The van der Waals surface area contributed by atoms with Crippen molar-refractivity contribution in [2.75, 3.05) is 13.1 Å². The van der Waals surface area contributed by atoms with E-state index in [4.69, 9.17) is 5.73 Å². The summed E-state index contributed by atoms with van der Waals surface area (Å²) < 4.78 is 2.02. The summed E-state index contributed by atoms with van der Waals surface area (Å²) >= 11 is 0. The van der Waals surface area contributed by atoms with E-state index in [9.17, 15) is 0 Å². The van der Waals surface area contributed by atoms with Gasteiger partial charge in [-0.2, -0.15) is 0 Å². The van der Waals surface area contributed by atoms with Crippen LogP contribution in [0.25, 0.3) is 5.65 Å². The Hall–Kier alpha value is -1.46. The van der Waals surface area contributed by atoms with Gasteiger partial charge in [0.15, 0.2) is 5.65 Å². The lowest BCUT2D eigenvalue weighted by molar-refractivity contribution is 0.455. The van der Waals surface area contributed by atoms with E-state index in [2.05, 4.69) is 15.5 Å². The molecule has 0 unspecified atom stereocenters. The van der Waals surface area contributed by atoms with Crippen LogP contribution in [-0.4, -0.2) is 33.2 Å². The van der Waals surface area contributed by atoms with Crippen molar-refractivity contribution in [2.24, 2.45) is 5.73 Å². The first-order valence-electron chi connectivity index (χ1n) is 6.34. The van der Waals surface area contributed by atoms with Gasteiger partial charge in [-0.25, -0.2) is 0 Å². The number of rotatable bonds is 6. The van der Waals surface area contributed by atoms with Gasteiger partial charge in [-0.05, 0) is 38.9 Å². The zero-order chi connectivity index (χ0) is 13.0. The second-order valence-corrected chi connectivity index (χ2v) is 5.28. The standard InChI is InChI=1S/C13H21N5/c1-13(2,14)7-9-15-8-6-12-17-16-11-5-3-4-10-18(11)12/h3-5,10,15H,6-9,14H2,1-2H3. The van der Waals surface area contributed by atoms with Gasteiger partial charge in [0.05, 0.1) is 0 Å². The molecule has 2 aromatic heterocycles. The van der Waals surface area contributed by atoms with Crippen LogP contribution in [-0.2, 0) is 6.42 Å². The van der Waals surface area contributed by atoms with Crippen LogP contribution in [0.3, 0.4) is 0 Å². The van der Waals surface area contributed by atoms with E-state index in [1.54, 1.807) is 0 Å². The van der Waals surface area contributed by atoms with E-state index in [1.807, 2.05) is 42.6 Å².